The third-order valence-electron chi connectivity index (χ3n) is 16.3. The van der Waals surface area contributed by atoms with Crippen molar-refractivity contribution in [1.29, 1.82) is 0 Å². The number of nitrogens with zero attached hydrogens (tertiary/aromatic N) is 3. The summed E-state index contributed by atoms with van der Waals surface area (Å²) >= 11 is 0. The molecule has 0 spiro atoms. The van der Waals surface area contributed by atoms with E-state index in [9.17, 15) is 33.8 Å². The van der Waals surface area contributed by atoms with Crippen LogP contribution in [0.4, 0.5) is 0 Å². The molecule has 0 amide bonds. The molecular formula is C56H114B3N6O13P3Rh+2. The summed E-state index contributed by atoms with van der Waals surface area (Å²) in [7, 11) is 6.76. The van der Waals surface area contributed by atoms with Crippen LogP contribution in [0.25, 0.3) is 0 Å². The van der Waals surface area contributed by atoms with E-state index in [2.05, 4.69) is 81.7 Å². The zero-order chi connectivity index (χ0) is 59.7. The minimum absolute atomic E-state index is 0. The number of hydrogen-bond donors (Lipinski definition) is 6. The van der Waals surface area contributed by atoms with E-state index in [1.807, 2.05) is 14.4 Å². The second kappa shape index (κ2) is 47.6. The summed E-state index contributed by atoms with van der Waals surface area (Å²) in [5.41, 5.74) is 6.12. The summed E-state index contributed by atoms with van der Waals surface area (Å²) in [5, 5.41) is 36.3. The Hall–Kier alpha value is -1.39. The van der Waals surface area contributed by atoms with Crippen LogP contribution in [0.1, 0.15) is 118 Å². The Bertz CT molecular complexity index is 1800. The number of carbonyl (C=O) groups is 4. The average Bonchev–Trinajstić information content (AvgIpc) is 3.94. The zero-order valence-electron chi connectivity index (χ0n) is 53.7. The molecule has 26 heteroatoms. The molecule has 0 bridgehead atoms. The molecule has 6 rings (SSSR count). The van der Waals surface area contributed by atoms with E-state index in [1.54, 1.807) is 72.6 Å². The molecule has 477 valence electrons. The van der Waals surface area contributed by atoms with E-state index < -0.39 is 40.5 Å². The van der Waals surface area contributed by atoms with E-state index in [4.69, 9.17) is 14.5 Å². The molecule has 82 heavy (non-hydrogen) atoms. The van der Waals surface area contributed by atoms with Crippen molar-refractivity contribution in [3.05, 3.63) is 50.4 Å². The maximum Gasteiger partial charge on any atom is 2.00 e. The van der Waals surface area contributed by atoms with Crippen molar-refractivity contribution >= 4 is 68.3 Å². The number of methoxy groups -OCH3 is 3. The number of allylic oxidation sites excluding steroid dienone is 4. The van der Waals surface area contributed by atoms with Gasteiger partial charge in [-0.3, -0.25) is 19.5 Å². The maximum absolute atomic E-state index is 11.7. The Kier molecular flexibility index (Phi) is 49.3. The molecule has 6 atom stereocenters. The molecule has 0 saturated carbocycles. The number of likely N-dealkylation sites (N-methyl/N-ethyl adjacent to an activating group) is 3. The largest absolute Gasteiger partial charge is 2.00 e. The van der Waals surface area contributed by atoms with Gasteiger partial charge in [0.05, 0.1) is 56.3 Å². The van der Waals surface area contributed by atoms with Gasteiger partial charge in [-0.05, 0) is 190 Å². The van der Waals surface area contributed by atoms with Crippen molar-refractivity contribution in [1.82, 2.24) is 30.4 Å². The minimum atomic E-state index is -3.45. The van der Waals surface area contributed by atoms with Gasteiger partial charge in [-0.2, -0.15) is 0 Å². The molecule has 6 aliphatic rings. The van der Waals surface area contributed by atoms with E-state index in [-0.39, 0.29) is 68.2 Å². The normalized spacial score (nSPS) is 22.6. The zero-order valence-corrected chi connectivity index (χ0v) is 58.2. The number of piperidine rings is 3. The van der Waals surface area contributed by atoms with Crippen LogP contribution in [0, 0.1) is 20.8 Å². The first kappa shape index (κ1) is 84.8. The number of nitrogens with one attached hydrogen (secondary N) is 3. The Morgan fingerprint density at radius 1 is 0.598 bits per heavy atom. The van der Waals surface area contributed by atoms with Crippen molar-refractivity contribution in [3.63, 3.8) is 0 Å². The number of ether oxygens (including phenoxy) is 3. The van der Waals surface area contributed by atoms with Gasteiger partial charge in [0.15, 0.2) is 0 Å². The molecule has 1 radical (unpaired) electrons. The number of Topliss-reactive ketones (excluding diaryl/α,β-unsaturated/α-hetero) is 1. The first-order valence-electron chi connectivity index (χ1n) is 29.0. The second-order valence-electron chi connectivity index (χ2n) is 21.5. The van der Waals surface area contributed by atoms with E-state index in [0.29, 0.717) is 30.2 Å². The standard InChI is InChI=1S/C14H28P2.C10H21BN2O3.C10H19BN2O3.C8H12.C6H12BNO2.C6H14NO5P.2CH3.Rh/c1-11-5-6-12(2)15(11)9-10-16-13(3)7-8-14(16)4;2*1-11(15)13-6-4-8(5-7-13)9(12-2)10(14)16-3;1-2-4-6-8-7-5-3-1;1-7(10)8-4-2-6(9)3-5-8;1-7-5(6(8)10-2)13(9,11-3)12-4;;;/h11-14H,5-10H2,1-4H3;8-9,12,15H,4-7H2,1-3H3;12,15H,4-7H2,1-3H3;1-2,7-8H,3-6H2;10H,2-5H2,1H3;5,7H,1-4H3;2*1H3;/q;;;;;;2*-1;+2/p+2/b;;;2-1-,8-7?;;;;;/t11-,12-,13-,14-;9-;;;;;;;/m11......./s1. The quantitative estimate of drug-likeness (QED) is 0.0167. The first-order valence-corrected chi connectivity index (χ1v) is 34.4. The van der Waals surface area contributed by atoms with Gasteiger partial charge in [0, 0.05) is 50.0 Å². The van der Waals surface area contributed by atoms with Crippen LogP contribution in [-0.2, 0) is 66.5 Å². The third-order valence-corrected chi connectivity index (χ3v) is 26.8. The molecule has 0 aromatic heterocycles. The number of rotatable bonds is 16. The van der Waals surface area contributed by atoms with Crippen LogP contribution >= 0.6 is 23.4 Å². The van der Waals surface area contributed by atoms with Crippen LogP contribution in [-0.4, -0.2) is 217 Å². The predicted molar refractivity (Wildman–Crippen MR) is 344 cm³/mol. The number of hydrogen-bond acceptors (Lipinski definition) is 19. The van der Waals surface area contributed by atoms with Crippen molar-refractivity contribution in [2.45, 2.75) is 173 Å². The van der Waals surface area contributed by atoms with Crippen LogP contribution in [0.15, 0.2) is 35.6 Å². The van der Waals surface area contributed by atoms with Gasteiger partial charge in [-0.25, -0.2) is 9.59 Å². The van der Waals surface area contributed by atoms with Crippen molar-refractivity contribution in [3.8, 4) is 0 Å². The number of esters is 3. The maximum atomic E-state index is 11.7. The van der Waals surface area contributed by atoms with Gasteiger partial charge in [-0.1, -0.05) is 24.3 Å². The van der Waals surface area contributed by atoms with Crippen LogP contribution in [0.2, 0.25) is 20.5 Å². The molecule has 5 fully saturated rings. The monoisotopic (exact) mass is 1310 g/mol. The van der Waals surface area contributed by atoms with Gasteiger partial charge in [0.1, 0.15) is 17.5 Å². The van der Waals surface area contributed by atoms with Gasteiger partial charge in [0.2, 0.25) is 5.78 Å². The summed E-state index contributed by atoms with van der Waals surface area (Å²) in [6, 6.07) is -0.221. The molecule has 1 aliphatic carbocycles. The Labute approximate surface area is 514 Å². The topological polar surface area (TPSA) is 238 Å². The van der Waals surface area contributed by atoms with E-state index >= 15 is 0 Å². The van der Waals surface area contributed by atoms with Crippen LogP contribution in [0.5, 0.6) is 0 Å². The minimum Gasteiger partial charge on any atom is -0.468 e. The fourth-order valence-electron chi connectivity index (χ4n) is 11.0. The SMILES string of the molecule is C1=CCC/C=C\CC1.CB(O)N1CCC(=O)CC1.CNC(C(=O)OC)=C1CCN(B(C)O)CC1.CNC(C(=O)OC)P(=O)(OC)OC.CN[C@@H](C(=O)OC)C1CCN(B(C)O)CC1.C[C@@H]1CC[C@@H](C)[PH+]1CC[PH+]1[C@H](C)CC[C@H]1C.[CH3-].[CH3-].[Rh+2]. The summed E-state index contributed by atoms with van der Waals surface area (Å²) in [5.74, 6) is -1.67. The van der Waals surface area contributed by atoms with Crippen molar-refractivity contribution in [2.75, 3.05) is 108 Å². The van der Waals surface area contributed by atoms with Crippen molar-refractivity contribution < 1.29 is 81.6 Å². The number of carbonyl (C=O) groups excluding carboxylic acids is 4. The fraction of sp³-hybridized carbons (Fsp3) is 0.786. The second-order valence-corrected chi connectivity index (χ2v) is 31.1. The molecule has 5 aliphatic heterocycles. The van der Waals surface area contributed by atoms with E-state index in [0.717, 1.165) is 93.2 Å². The molecular weight excluding hydrogens is 1190 g/mol. The third kappa shape index (κ3) is 31.0. The predicted octanol–water partition coefficient (Wildman–Crippen LogP) is 7.49. The summed E-state index contributed by atoms with van der Waals surface area (Å²) in [6.45, 7) is 20.1. The fourth-order valence-corrected chi connectivity index (χ4v) is 20.7. The summed E-state index contributed by atoms with van der Waals surface area (Å²) in [6.07, 6.45) is 28.1. The Morgan fingerprint density at radius 2 is 0.951 bits per heavy atom. The van der Waals surface area contributed by atoms with Crippen molar-refractivity contribution in [2.24, 2.45) is 5.92 Å². The Morgan fingerprint density at radius 3 is 1.24 bits per heavy atom. The van der Waals surface area contributed by atoms with E-state index in [1.165, 1.54) is 68.3 Å². The van der Waals surface area contributed by atoms with Gasteiger partial charge >= 0.3 is 66.1 Å². The number of ketones is 1. The van der Waals surface area contributed by atoms with Gasteiger partial charge in [-0.15, -0.1) is 0 Å². The average molecular weight is 1310 g/mol. The molecule has 19 nitrogen and oxygen atoms in total. The van der Waals surface area contributed by atoms with Crippen LogP contribution in [0.3, 0.4) is 0 Å². The van der Waals surface area contributed by atoms with Crippen LogP contribution < -0.4 is 16.0 Å². The summed E-state index contributed by atoms with van der Waals surface area (Å²) in [4.78, 5) is 50.7. The molecule has 5 heterocycles. The first-order chi connectivity index (χ1) is 37.5. The molecule has 5 saturated heterocycles. The molecule has 0 aromatic rings. The smallest absolute Gasteiger partial charge is 0.468 e. The summed E-state index contributed by atoms with van der Waals surface area (Å²) < 4.78 is 34.8. The van der Waals surface area contributed by atoms with Gasteiger partial charge in [0.25, 0.3) is 0 Å². The molecule has 1 unspecified atom stereocenters. The van der Waals surface area contributed by atoms with Gasteiger partial charge < -0.3 is 78.2 Å². The molecule has 0 aromatic carbocycles. The Balaban J connectivity index is -0.000000919. The molecule has 6 N–H and O–H groups in total.